The highest BCUT2D eigenvalue weighted by molar-refractivity contribution is 7.33. The highest BCUT2D eigenvalue weighted by Gasteiger charge is 2.18. The van der Waals surface area contributed by atoms with Gasteiger partial charge in [-0.1, -0.05) is 69.7 Å². The van der Waals surface area contributed by atoms with E-state index in [9.17, 15) is 4.57 Å². The molecule has 0 N–H and O–H groups in total. The lowest BCUT2D eigenvalue weighted by Gasteiger charge is -1.89. The zero-order chi connectivity index (χ0) is 15.1. The molecule has 1 aromatic carbocycles. The molecule has 0 unspecified atom stereocenters. The highest BCUT2D eigenvalue weighted by atomic mass is 31.1. The smallest absolute Gasteiger partial charge is 0.119 e. The van der Waals surface area contributed by atoms with Crippen molar-refractivity contribution < 1.29 is 13.6 Å². The fourth-order valence-electron chi connectivity index (χ4n) is 1.19. The third kappa shape index (κ3) is 12.0. The van der Waals surface area contributed by atoms with Crippen LogP contribution in [-0.2, 0) is 13.6 Å². The lowest BCUT2D eigenvalue weighted by atomic mass is 10.2. The van der Waals surface area contributed by atoms with Crippen molar-refractivity contribution in [3.05, 3.63) is 42.5 Å². The van der Waals surface area contributed by atoms with Gasteiger partial charge in [0.05, 0.1) is 0 Å². The van der Waals surface area contributed by atoms with Crippen LogP contribution in [0.25, 0.3) is 6.08 Å². The first-order valence-electron chi connectivity index (χ1n) is 7.15. The Labute approximate surface area is 124 Å². The van der Waals surface area contributed by atoms with Crippen molar-refractivity contribution in [2.24, 2.45) is 0 Å². The van der Waals surface area contributed by atoms with Crippen molar-refractivity contribution in [1.82, 2.24) is 0 Å². The summed E-state index contributed by atoms with van der Waals surface area (Å²) in [7, 11) is -1.85. The third-order valence-electron chi connectivity index (χ3n) is 2.42. The van der Waals surface area contributed by atoms with E-state index in [1.807, 2.05) is 36.4 Å². The molecule has 0 aliphatic heterocycles. The van der Waals surface area contributed by atoms with Gasteiger partial charge in [-0.05, 0) is 18.4 Å². The maximum Gasteiger partial charge on any atom is 0.697 e. The lowest BCUT2D eigenvalue weighted by Crippen LogP contribution is -1.90. The molecule has 0 atom stereocenters. The summed E-state index contributed by atoms with van der Waals surface area (Å²) in [5, 5.41) is 0. The Bertz CT molecular complexity index is 340. The quantitative estimate of drug-likeness (QED) is 0.439. The minimum atomic E-state index is -1.85. The van der Waals surface area contributed by atoms with Gasteiger partial charge in [0.1, 0.15) is 13.2 Å². The van der Waals surface area contributed by atoms with Crippen LogP contribution < -0.4 is 0 Å². The maximum absolute atomic E-state index is 10.9. The standard InChI is InChI=1S/C8H18O3P.C8H8/c1-3-5-7-10-12(9)11-8-6-4-2;1-2-8-6-4-3-5-7-8/h3-8H2,1-2H3;2-7H,1H2/q+1;. The molecule has 3 nitrogen and oxygen atoms in total. The van der Waals surface area contributed by atoms with Crippen LogP contribution in [0.2, 0.25) is 0 Å². The summed E-state index contributed by atoms with van der Waals surface area (Å²) >= 11 is 0. The van der Waals surface area contributed by atoms with Gasteiger partial charge in [-0.15, -0.1) is 9.05 Å². The molecule has 0 amide bonds. The molecule has 0 aromatic heterocycles. The Morgan fingerprint density at radius 1 is 1.05 bits per heavy atom. The molecule has 0 aliphatic rings. The van der Waals surface area contributed by atoms with Crippen LogP contribution in [0.3, 0.4) is 0 Å². The topological polar surface area (TPSA) is 35.5 Å². The van der Waals surface area contributed by atoms with Gasteiger partial charge in [0.25, 0.3) is 0 Å². The largest absolute Gasteiger partial charge is 0.697 e. The van der Waals surface area contributed by atoms with Crippen molar-refractivity contribution in [3.8, 4) is 0 Å². The lowest BCUT2D eigenvalue weighted by molar-refractivity contribution is 0.221. The van der Waals surface area contributed by atoms with Crippen molar-refractivity contribution in [1.29, 1.82) is 0 Å². The molecule has 4 heteroatoms. The molecule has 20 heavy (non-hydrogen) atoms. The van der Waals surface area contributed by atoms with E-state index in [-0.39, 0.29) is 0 Å². The van der Waals surface area contributed by atoms with Crippen LogP contribution >= 0.6 is 8.25 Å². The summed E-state index contributed by atoms with van der Waals surface area (Å²) in [6.07, 6.45) is 5.83. The first-order chi connectivity index (χ1) is 9.74. The van der Waals surface area contributed by atoms with Crippen molar-refractivity contribution in [2.45, 2.75) is 39.5 Å². The van der Waals surface area contributed by atoms with Crippen molar-refractivity contribution in [2.75, 3.05) is 13.2 Å². The SMILES string of the molecule is C=Cc1ccccc1.CCCCO[P+](=O)OCCCC. The Morgan fingerprint density at radius 2 is 1.55 bits per heavy atom. The summed E-state index contributed by atoms with van der Waals surface area (Å²) in [6.45, 7) is 8.84. The predicted octanol–water partition coefficient (Wildman–Crippen LogP) is 5.61. The Kier molecular flexibility index (Phi) is 13.7. The zero-order valence-electron chi connectivity index (χ0n) is 12.6. The van der Waals surface area contributed by atoms with Crippen LogP contribution in [0, 0.1) is 0 Å². The summed E-state index contributed by atoms with van der Waals surface area (Å²) < 4.78 is 20.7. The summed E-state index contributed by atoms with van der Waals surface area (Å²) in [5.41, 5.74) is 1.17. The van der Waals surface area contributed by atoms with Crippen LogP contribution in [0.1, 0.15) is 45.1 Å². The van der Waals surface area contributed by atoms with E-state index in [0.717, 1.165) is 25.7 Å². The molecular formula is C16H26O3P+. The van der Waals surface area contributed by atoms with Gasteiger partial charge < -0.3 is 0 Å². The maximum atomic E-state index is 10.9. The van der Waals surface area contributed by atoms with E-state index in [0.29, 0.717) is 13.2 Å². The van der Waals surface area contributed by atoms with Crippen molar-refractivity contribution >= 4 is 14.3 Å². The molecule has 0 fully saturated rings. The molecule has 1 rings (SSSR count). The minimum absolute atomic E-state index is 0.540. The van der Waals surface area contributed by atoms with Gasteiger partial charge in [0, 0.05) is 4.57 Å². The molecule has 0 aliphatic carbocycles. The van der Waals surface area contributed by atoms with E-state index in [1.165, 1.54) is 5.56 Å². The number of rotatable bonds is 9. The van der Waals surface area contributed by atoms with E-state index < -0.39 is 8.25 Å². The van der Waals surface area contributed by atoms with E-state index in [1.54, 1.807) is 0 Å². The van der Waals surface area contributed by atoms with E-state index >= 15 is 0 Å². The first-order valence-corrected chi connectivity index (χ1v) is 8.24. The fraction of sp³-hybridized carbons (Fsp3) is 0.500. The number of hydrogen-bond acceptors (Lipinski definition) is 3. The van der Waals surface area contributed by atoms with Crippen LogP contribution in [0.5, 0.6) is 0 Å². The normalized spacial score (nSPS) is 9.50. The number of unbranched alkanes of at least 4 members (excludes halogenated alkanes) is 2. The van der Waals surface area contributed by atoms with Crippen LogP contribution in [0.15, 0.2) is 36.9 Å². The monoisotopic (exact) mass is 297 g/mol. The van der Waals surface area contributed by atoms with E-state index in [2.05, 4.69) is 20.4 Å². The second-order valence-electron chi connectivity index (χ2n) is 4.21. The van der Waals surface area contributed by atoms with Gasteiger partial charge in [0.2, 0.25) is 0 Å². The molecule has 0 bridgehead atoms. The van der Waals surface area contributed by atoms with Crippen molar-refractivity contribution in [3.63, 3.8) is 0 Å². The second kappa shape index (κ2) is 14.4. The Balaban J connectivity index is 0.000000388. The fourth-order valence-corrected chi connectivity index (χ4v) is 1.82. The van der Waals surface area contributed by atoms with Gasteiger partial charge >= 0.3 is 8.25 Å². The Hall–Kier alpha value is -1.02. The molecule has 0 saturated carbocycles. The second-order valence-corrected chi connectivity index (χ2v) is 5.18. The summed E-state index contributed by atoms with van der Waals surface area (Å²) in [4.78, 5) is 0. The van der Waals surface area contributed by atoms with E-state index in [4.69, 9.17) is 9.05 Å². The number of hydrogen-bond donors (Lipinski definition) is 0. The van der Waals surface area contributed by atoms with Crippen LogP contribution in [0.4, 0.5) is 0 Å². The van der Waals surface area contributed by atoms with Gasteiger partial charge in [-0.2, -0.15) is 0 Å². The third-order valence-corrected chi connectivity index (χ3v) is 3.21. The van der Waals surface area contributed by atoms with Gasteiger partial charge in [-0.3, -0.25) is 0 Å². The molecule has 0 saturated heterocycles. The summed E-state index contributed by atoms with van der Waals surface area (Å²) in [5.74, 6) is 0. The molecule has 0 radical (unpaired) electrons. The molecule has 1 aromatic rings. The molecule has 112 valence electrons. The molecule has 0 heterocycles. The average molecular weight is 297 g/mol. The minimum Gasteiger partial charge on any atom is -0.119 e. The average Bonchev–Trinajstić information content (AvgIpc) is 2.49. The molecular weight excluding hydrogens is 271 g/mol. The van der Waals surface area contributed by atoms with Gasteiger partial charge in [0.15, 0.2) is 0 Å². The molecule has 0 spiro atoms. The highest BCUT2D eigenvalue weighted by Crippen LogP contribution is 2.24. The first kappa shape index (κ1) is 19.0. The number of benzene rings is 1. The predicted molar refractivity (Wildman–Crippen MR) is 85.9 cm³/mol. The summed E-state index contributed by atoms with van der Waals surface area (Å²) in [6, 6.07) is 10.0. The van der Waals surface area contributed by atoms with Gasteiger partial charge in [-0.25, -0.2) is 0 Å². The zero-order valence-corrected chi connectivity index (χ0v) is 13.5. The van der Waals surface area contributed by atoms with Crippen LogP contribution in [-0.4, -0.2) is 13.2 Å². The Morgan fingerprint density at radius 3 is 1.90 bits per heavy atom.